The van der Waals surface area contributed by atoms with Crippen LogP contribution in [0.3, 0.4) is 0 Å². The summed E-state index contributed by atoms with van der Waals surface area (Å²) in [6, 6.07) is 0. The van der Waals surface area contributed by atoms with E-state index in [2.05, 4.69) is 25.7 Å². The van der Waals surface area contributed by atoms with Crippen molar-refractivity contribution in [1.82, 2.24) is 4.90 Å². The minimum atomic E-state index is -0.235. The topological polar surface area (TPSA) is 23.5 Å². The summed E-state index contributed by atoms with van der Waals surface area (Å²) < 4.78 is 0. The zero-order valence-corrected chi connectivity index (χ0v) is 9.96. The Balaban J connectivity index is 0.000000671. The molecule has 0 amide bonds. The lowest BCUT2D eigenvalue weighted by molar-refractivity contribution is -0.0956. The van der Waals surface area contributed by atoms with E-state index in [4.69, 9.17) is 0 Å². The molecule has 1 fully saturated rings. The second-order valence-corrected chi connectivity index (χ2v) is 4.22. The van der Waals surface area contributed by atoms with Gasteiger partial charge in [-0.05, 0) is 39.7 Å². The van der Waals surface area contributed by atoms with Crippen molar-refractivity contribution < 1.29 is 5.11 Å². The molecule has 0 spiro atoms. The summed E-state index contributed by atoms with van der Waals surface area (Å²) in [5.41, 5.74) is 0.150. The Labute approximate surface area is 82.9 Å². The molecule has 2 nitrogen and oxygen atoms in total. The molecule has 1 aliphatic heterocycles. The fourth-order valence-corrected chi connectivity index (χ4v) is 1.68. The van der Waals surface area contributed by atoms with E-state index in [1.165, 1.54) is 0 Å². The summed E-state index contributed by atoms with van der Waals surface area (Å²) in [7, 11) is 2.00. The van der Waals surface area contributed by atoms with Crippen LogP contribution in [0.25, 0.3) is 0 Å². The summed E-state index contributed by atoms with van der Waals surface area (Å²) >= 11 is 0. The summed E-state index contributed by atoms with van der Waals surface area (Å²) in [6.07, 6.45) is 1.82. The van der Waals surface area contributed by atoms with E-state index in [0.29, 0.717) is 5.92 Å². The quantitative estimate of drug-likeness (QED) is 0.630. The minimum absolute atomic E-state index is 0.150. The third-order valence-electron chi connectivity index (χ3n) is 3.42. The predicted molar refractivity (Wildman–Crippen MR) is 57.6 cm³/mol. The van der Waals surface area contributed by atoms with Gasteiger partial charge in [-0.2, -0.15) is 0 Å². The Bertz CT molecular complexity index is 145. The average molecular weight is 187 g/mol. The van der Waals surface area contributed by atoms with E-state index in [9.17, 15) is 5.11 Å². The SMILES string of the molecule is CC.CC1CCC(O)N(C)C1(C)C. The molecule has 2 unspecified atom stereocenters. The molecule has 2 heteroatoms. The number of rotatable bonds is 0. The second-order valence-electron chi connectivity index (χ2n) is 4.22. The number of hydrogen-bond acceptors (Lipinski definition) is 2. The monoisotopic (exact) mass is 187 g/mol. The Kier molecular flexibility index (Phi) is 4.93. The van der Waals surface area contributed by atoms with E-state index in [1.807, 2.05) is 20.9 Å². The lowest BCUT2D eigenvalue weighted by atomic mass is 9.80. The lowest BCUT2D eigenvalue weighted by Crippen LogP contribution is -2.54. The molecule has 1 N–H and O–H groups in total. The normalized spacial score (nSPS) is 33.5. The van der Waals surface area contributed by atoms with Crippen LogP contribution in [0.5, 0.6) is 0 Å². The Morgan fingerprint density at radius 1 is 1.23 bits per heavy atom. The fourth-order valence-electron chi connectivity index (χ4n) is 1.68. The van der Waals surface area contributed by atoms with E-state index >= 15 is 0 Å². The summed E-state index contributed by atoms with van der Waals surface area (Å²) in [5, 5.41) is 9.56. The van der Waals surface area contributed by atoms with Gasteiger partial charge in [0.1, 0.15) is 6.23 Å². The average Bonchev–Trinajstić information content (AvgIpc) is 2.13. The number of aliphatic hydroxyl groups excluding tert-OH is 1. The van der Waals surface area contributed by atoms with Crippen LogP contribution >= 0.6 is 0 Å². The summed E-state index contributed by atoms with van der Waals surface area (Å²) in [6.45, 7) is 10.6. The highest BCUT2D eigenvalue weighted by molar-refractivity contribution is 4.90. The van der Waals surface area contributed by atoms with Crippen molar-refractivity contribution in [2.45, 2.75) is 59.2 Å². The molecule has 1 saturated heterocycles. The first-order chi connectivity index (χ1) is 5.96. The van der Waals surface area contributed by atoms with Crippen LogP contribution < -0.4 is 0 Å². The molecule has 2 atom stereocenters. The highest BCUT2D eigenvalue weighted by Crippen LogP contribution is 2.33. The third kappa shape index (κ3) is 2.68. The molecule has 0 bridgehead atoms. The van der Waals surface area contributed by atoms with Gasteiger partial charge in [0.05, 0.1) is 0 Å². The van der Waals surface area contributed by atoms with Gasteiger partial charge < -0.3 is 5.11 Å². The van der Waals surface area contributed by atoms with Crippen LogP contribution in [-0.4, -0.2) is 28.8 Å². The van der Waals surface area contributed by atoms with E-state index < -0.39 is 0 Å². The smallest absolute Gasteiger partial charge is 0.107 e. The largest absolute Gasteiger partial charge is 0.378 e. The lowest BCUT2D eigenvalue weighted by Gasteiger charge is -2.47. The van der Waals surface area contributed by atoms with Gasteiger partial charge in [0.2, 0.25) is 0 Å². The number of likely N-dealkylation sites (tertiary alicyclic amines) is 1. The molecule has 1 rings (SSSR count). The predicted octanol–water partition coefficient (Wildman–Crippen LogP) is 2.47. The Morgan fingerprint density at radius 3 is 2.08 bits per heavy atom. The molecular weight excluding hydrogens is 162 g/mol. The Morgan fingerprint density at radius 2 is 1.69 bits per heavy atom. The molecule has 1 aliphatic rings. The molecule has 0 radical (unpaired) electrons. The first-order valence-electron chi connectivity index (χ1n) is 5.37. The molecule has 0 aromatic carbocycles. The number of aliphatic hydroxyl groups is 1. The van der Waals surface area contributed by atoms with Crippen LogP contribution in [0.4, 0.5) is 0 Å². The van der Waals surface area contributed by atoms with Crippen molar-refractivity contribution >= 4 is 0 Å². The van der Waals surface area contributed by atoms with Crippen molar-refractivity contribution in [2.75, 3.05) is 7.05 Å². The van der Waals surface area contributed by atoms with Crippen molar-refractivity contribution in [2.24, 2.45) is 5.92 Å². The third-order valence-corrected chi connectivity index (χ3v) is 3.42. The molecule has 0 aromatic rings. The molecule has 0 saturated carbocycles. The first kappa shape index (κ1) is 12.9. The van der Waals surface area contributed by atoms with Gasteiger partial charge in [-0.1, -0.05) is 20.8 Å². The maximum atomic E-state index is 9.56. The Hall–Kier alpha value is -0.0800. The molecule has 1 heterocycles. The molecular formula is C11H25NO. The van der Waals surface area contributed by atoms with Crippen LogP contribution in [0, 0.1) is 5.92 Å². The van der Waals surface area contributed by atoms with Crippen molar-refractivity contribution in [3.63, 3.8) is 0 Å². The molecule has 80 valence electrons. The zero-order chi connectivity index (χ0) is 10.6. The van der Waals surface area contributed by atoms with E-state index in [1.54, 1.807) is 0 Å². The minimum Gasteiger partial charge on any atom is -0.378 e. The van der Waals surface area contributed by atoms with Crippen LogP contribution in [0.15, 0.2) is 0 Å². The molecule has 0 aromatic heterocycles. The van der Waals surface area contributed by atoms with Gasteiger partial charge in [-0.15, -0.1) is 0 Å². The zero-order valence-electron chi connectivity index (χ0n) is 9.96. The van der Waals surface area contributed by atoms with Crippen molar-refractivity contribution in [3.05, 3.63) is 0 Å². The summed E-state index contributed by atoms with van der Waals surface area (Å²) in [4.78, 5) is 2.07. The maximum Gasteiger partial charge on any atom is 0.107 e. The fraction of sp³-hybridized carbons (Fsp3) is 1.00. The van der Waals surface area contributed by atoms with Crippen LogP contribution in [-0.2, 0) is 0 Å². The van der Waals surface area contributed by atoms with E-state index in [-0.39, 0.29) is 11.8 Å². The van der Waals surface area contributed by atoms with Gasteiger partial charge in [0, 0.05) is 5.54 Å². The van der Waals surface area contributed by atoms with Crippen molar-refractivity contribution in [1.29, 1.82) is 0 Å². The van der Waals surface area contributed by atoms with Crippen LogP contribution in [0.2, 0.25) is 0 Å². The van der Waals surface area contributed by atoms with Gasteiger partial charge >= 0.3 is 0 Å². The standard InChI is InChI=1S/C9H19NO.C2H6/c1-7-5-6-8(11)10(4)9(7,2)3;1-2/h7-8,11H,5-6H2,1-4H3;1-2H3. The van der Waals surface area contributed by atoms with E-state index in [0.717, 1.165) is 12.8 Å². The van der Waals surface area contributed by atoms with Crippen LogP contribution in [0.1, 0.15) is 47.5 Å². The van der Waals surface area contributed by atoms with Gasteiger partial charge in [0.25, 0.3) is 0 Å². The number of hydrogen-bond donors (Lipinski definition) is 1. The highest BCUT2D eigenvalue weighted by atomic mass is 16.3. The number of piperidine rings is 1. The highest BCUT2D eigenvalue weighted by Gasteiger charge is 2.37. The van der Waals surface area contributed by atoms with Crippen molar-refractivity contribution in [3.8, 4) is 0 Å². The first-order valence-corrected chi connectivity index (χ1v) is 5.37. The summed E-state index contributed by atoms with van der Waals surface area (Å²) in [5.74, 6) is 0.677. The second kappa shape index (κ2) is 4.97. The van der Waals surface area contributed by atoms with Gasteiger partial charge in [-0.3, -0.25) is 4.90 Å². The maximum absolute atomic E-state index is 9.56. The number of nitrogens with zero attached hydrogens (tertiary/aromatic N) is 1. The van der Waals surface area contributed by atoms with Gasteiger partial charge in [-0.25, -0.2) is 0 Å². The molecule has 13 heavy (non-hydrogen) atoms. The van der Waals surface area contributed by atoms with Gasteiger partial charge in [0.15, 0.2) is 0 Å². The molecule has 0 aliphatic carbocycles.